The van der Waals surface area contributed by atoms with Crippen molar-refractivity contribution < 1.29 is 27.5 Å². The van der Waals surface area contributed by atoms with E-state index >= 15 is 0 Å². The number of carbonyl (C=O) groups excluding carboxylic acids is 2. The van der Waals surface area contributed by atoms with Gasteiger partial charge in [-0.25, -0.2) is 14.8 Å². The second-order valence-corrected chi connectivity index (χ2v) is 10.5. The number of benzene rings is 2. The molecule has 1 atom stereocenters. The smallest absolute Gasteiger partial charge is 0.416 e. The molecule has 10 nitrogen and oxygen atoms in total. The molecule has 4 rings (SSSR count). The monoisotopic (exact) mass is 569 g/mol. The summed E-state index contributed by atoms with van der Waals surface area (Å²) in [5.74, 6) is -0.292. The average molecular weight is 570 g/mol. The Morgan fingerprint density at radius 3 is 2.44 bits per heavy atom. The second kappa shape index (κ2) is 11.4. The fourth-order valence-electron chi connectivity index (χ4n) is 4.22. The van der Waals surface area contributed by atoms with Crippen molar-refractivity contribution in [1.29, 1.82) is 5.41 Å². The lowest BCUT2D eigenvalue weighted by Crippen LogP contribution is -2.36. The van der Waals surface area contributed by atoms with Crippen LogP contribution in [0.3, 0.4) is 0 Å². The number of hydrogen-bond donors (Lipinski definition) is 4. The minimum atomic E-state index is -4.57. The number of amides is 2. The maximum absolute atomic E-state index is 13.0. The highest BCUT2D eigenvalue weighted by Crippen LogP contribution is 2.30. The van der Waals surface area contributed by atoms with Crippen molar-refractivity contribution in [2.24, 2.45) is 0 Å². The maximum Gasteiger partial charge on any atom is 0.416 e. The molecule has 216 valence electrons. The number of aromatic nitrogens is 2. The molecule has 3 aromatic rings. The Morgan fingerprint density at radius 1 is 1.07 bits per heavy atom. The number of likely N-dealkylation sites (tertiary alicyclic amines) is 1. The first-order valence-electron chi connectivity index (χ1n) is 12.7. The Hall–Kier alpha value is -4.68. The van der Waals surface area contributed by atoms with E-state index in [9.17, 15) is 22.8 Å². The van der Waals surface area contributed by atoms with Crippen LogP contribution in [0.2, 0.25) is 0 Å². The van der Waals surface area contributed by atoms with Gasteiger partial charge in [-0.05, 0) is 57.5 Å². The number of carbonyl (C=O) groups is 2. The van der Waals surface area contributed by atoms with E-state index in [1.807, 2.05) is 0 Å². The van der Waals surface area contributed by atoms with Crippen molar-refractivity contribution in [3.8, 4) is 0 Å². The van der Waals surface area contributed by atoms with E-state index in [-0.39, 0.29) is 28.7 Å². The first-order chi connectivity index (χ1) is 19.2. The van der Waals surface area contributed by atoms with E-state index in [0.717, 1.165) is 12.1 Å². The van der Waals surface area contributed by atoms with Gasteiger partial charge in [-0.15, -0.1) is 0 Å². The molecule has 0 unspecified atom stereocenters. The zero-order valence-electron chi connectivity index (χ0n) is 22.7. The molecule has 0 aliphatic carbocycles. The summed E-state index contributed by atoms with van der Waals surface area (Å²) >= 11 is 0. The lowest BCUT2D eigenvalue weighted by atomic mass is 10.0. The SMILES string of the molecule is CC(C)(C)OC(=O)N1CC[C@H](Nc2ncnc(N)c2C(=N)c2ccc(NC(=O)c3cccc(C(F)(F)F)c3)cc2)C1. The van der Waals surface area contributed by atoms with Crippen LogP contribution < -0.4 is 16.4 Å². The number of rotatable bonds is 6. The summed E-state index contributed by atoms with van der Waals surface area (Å²) in [6.45, 7) is 6.28. The van der Waals surface area contributed by atoms with E-state index in [4.69, 9.17) is 15.9 Å². The van der Waals surface area contributed by atoms with Gasteiger partial charge < -0.3 is 26.0 Å². The lowest BCUT2D eigenvalue weighted by molar-refractivity contribution is -0.137. The number of nitrogens with two attached hydrogens (primary N) is 1. The number of nitrogens with zero attached hydrogens (tertiary/aromatic N) is 3. The van der Waals surface area contributed by atoms with Gasteiger partial charge in [0, 0.05) is 35.9 Å². The fraction of sp³-hybridized carbons (Fsp3) is 0.321. The highest BCUT2D eigenvalue weighted by molar-refractivity contribution is 6.16. The van der Waals surface area contributed by atoms with E-state index in [2.05, 4.69) is 20.6 Å². The molecule has 1 aliphatic rings. The van der Waals surface area contributed by atoms with Gasteiger partial charge in [0.1, 0.15) is 23.6 Å². The molecule has 41 heavy (non-hydrogen) atoms. The second-order valence-electron chi connectivity index (χ2n) is 10.5. The zero-order valence-corrected chi connectivity index (χ0v) is 22.7. The first kappa shape index (κ1) is 29.3. The van der Waals surface area contributed by atoms with Crippen molar-refractivity contribution in [3.05, 3.63) is 77.1 Å². The Kier molecular flexibility index (Phi) is 8.17. The molecule has 1 saturated heterocycles. The molecule has 2 aromatic carbocycles. The number of alkyl halides is 3. The van der Waals surface area contributed by atoms with Crippen LogP contribution in [0.15, 0.2) is 54.9 Å². The summed E-state index contributed by atoms with van der Waals surface area (Å²) in [5.41, 5.74) is 5.51. The Balaban J connectivity index is 1.45. The van der Waals surface area contributed by atoms with Gasteiger partial charge in [0.15, 0.2) is 0 Å². The van der Waals surface area contributed by atoms with Crippen molar-refractivity contribution in [2.75, 3.05) is 29.5 Å². The molecule has 0 saturated carbocycles. The largest absolute Gasteiger partial charge is 0.444 e. The summed E-state index contributed by atoms with van der Waals surface area (Å²) in [5, 5.41) is 14.6. The van der Waals surface area contributed by atoms with Crippen molar-refractivity contribution in [1.82, 2.24) is 14.9 Å². The van der Waals surface area contributed by atoms with Gasteiger partial charge in [-0.2, -0.15) is 13.2 Å². The standard InChI is InChI=1S/C28H30F3N7O3/c1-27(2,3)41-26(40)38-12-11-20(14-38)36-24-21(23(33)34-15-35-24)22(32)16-7-9-19(10-8-16)37-25(39)17-5-4-6-18(13-17)28(29,30)31/h4-10,13,15,20,32H,11-12,14H2,1-3H3,(H,37,39)(H3,33,34,35,36)/t20-/m0/s1. The minimum absolute atomic E-state index is 0.0170. The Bertz CT molecular complexity index is 1450. The van der Waals surface area contributed by atoms with Crippen LogP contribution in [0.4, 0.5) is 35.3 Å². The van der Waals surface area contributed by atoms with E-state index in [0.29, 0.717) is 36.6 Å². The minimum Gasteiger partial charge on any atom is -0.444 e. The van der Waals surface area contributed by atoms with Crippen LogP contribution in [0.5, 0.6) is 0 Å². The van der Waals surface area contributed by atoms with E-state index < -0.39 is 29.3 Å². The summed E-state index contributed by atoms with van der Waals surface area (Å²) < 4.78 is 44.4. The van der Waals surface area contributed by atoms with Crippen LogP contribution in [-0.2, 0) is 10.9 Å². The number of nitrogens with one attached hydrogen (secondary N) is 3. The lowest BCUT2D eigenvalue weighted by Gasteiger charge is -2.24. The Morgan fingerprint density at radius 2 is 1.78 bits per heavy atom. The molecule has 2 heterocycles. The van der Waals surface area contributed by atoms with Crippen LogP contribution in [0.25, 0.3) is 0 Å². The summed E-state index contributed by atoms with van der Waals surface area (Å²) in [6.07, 6.45) is -3.06. The number of anilines is 3. The topological polar surface area (TPSA) is 146 Å². The molecule has 1 fully saturated rings. The average Bonchev–Trinajstić information content (AvgIpc) is 3.36. The van der Waals surface area contributed by atoms with Crippen molar-refractivity contribution in [2.45, 2.75) is 45.0 Å². The first-order valence-corrected chi connectivity index (χ1v) is 12.7. The predicted molar refractivity (Wildman–Crippen MR) is 148 cm³/mol. The van der Waals surface area contributed by atoms with E-state index in [1.165, 1.54) is 30.6 Å². The molecule has 2 amide bonds. The summed E-state index contributed by atoms with van der Waals surface area (Å²) in [6, 6.07) is 10.2. The highest BCUT2D eigenvalue weighted by Gasteiger charge is 2.32. The maximum atomic E-state index is 13.0. The van der Waals surface area contributed by atoms with Crippen molar-refractivity contribution >= 4 is 35.0 Å². The molecule has 0 radical (unpaired) electrons. The third-order valence-electron chi connectivity index (χ3n) is 6.19. The molecule has 13 heteroatoms. The molecular weight excluding hydrogens is 539 g/mol. The highest BCUT2D eigenvalue weighted by atomic mass is 19.4. The third kappa shape index (κ3) is 7.29. The molecule has 0 spiro atoms. The van der Waals surface area contributed by atoms with Gasteiger partial charge in [-0.3, -0.25) is 10.2 Å². The fourth-order valence-corrected chi connectivity index (χ4v) is 4.22. The van der Waals surface area contributed by atoms with Gasteiger partial charge >= 0.3 is 12.3 Å². The third-order valence-corrected chi connectivity index (χ3v) is 6.19. The predicted octanol–water partition coefficient (Wildman–Crippen LogP) is 5.17. The number of halogens is 3. The van der Waals surface area contributed by atoms with Crippen LogP contribution in [0, 0.1) is 5.41 Å². The normalized spacial score (nSPS) is 15.4. The van der Waals surface area contributed by atoms with Gasteiger partial charge in [0.25, 0.3) is 5.91 Å². The zero-order chi connectivity index (χ0) is 29.9. The number of ether oxygens (including phenoxy) is 1. The van der Waals surface area contributed by atoms with Crippen LogP contribution >= 0.6 is 0 Å². The summed E-state index contributed by atoms with van der Waals surface area (Å²) in [7, 11) is 0. The van der Waals surface area contributed by atoms with Gasteiger partial charge in [-0.1, -0.05) is 18.2 Å². The molecule has 1 aliphatic heterocycles. The van der Waals surface area contributed by atoms with Gasteiger partial charge in [0.2, 0.25) is 0 Å². The molecule has 1 aromatic heterocycles. The van der Waals surface area contributed by atoms with Gasteiger partial charge in [0.05, 0.1) is 16.8 Å². The number of nitrogen functional groups attached to an aromatic ring is 1. The van der Waals surface area contributed by atoms with Crippen molar-refractivity contribution in [3.63, 3.8) is 0 Å². The molecule has 0 bridgehead atoms. The molecular formula is C28H30F3N7O3. The molecule has 5 N–H and O–H groups in total. The van der Waals surface area contributed by atoms with Crippen LogP contribution in [0.1, 0.15) is 54.2 Å². The quantitative estimate of drug-likeness (QED) is 0.300. The Labute approximate surface area is 234 Å². The number of hydrogen-bond acceptors (Lipinski definition) is 8. The summed E-state index contributed by atoms with van der Waals surface area (Å²) in [4.78, 5) is 34.9. The van der Waals surface area contributed by atoms with E-state index in [1.54, 1.807) is 37.8 Å². The van der Waals surface area contributed by atoms with Crippen LogP contribution in [-0.4, -0.2) is 57.3 Å².